The molecule has 8 heteroatoms. The summed E-state index contributed by atoms with van der Waals surface area (Å²) in [5.74, 6) is 1.11. The largest absolute Gasteiger partial charge is 0.412 e. The second-order valence-electron chi connectivity index (χ2n) is 11.5. The number of ether oxygens (including phenoxy) is 2. The van der Waals surface area contributed by atoms with Crippen molar-refractivity contribution >= 4 is 23.6 Å². The fourth-order valence-corrected chi connectivity index (χ4v) is 3.90. The van der Waals surface area contributed by atoms with Gasteiger partial charge in [0.2, 0.25) is 0 Å². The van der Waals surface area contributed by atoms with Gasteiger partial charge in [-0.15, -0.1) is 0 Å². The fourth-order valence-electron chi connectivity index (χ4n) is 3.90. The van der Waals surface area contributed by atoms with Crippen LogP contribution in [0.5, 0.6) is 11.5 Å². The number of hydrogen-bond acceptors (Lipinski definition) is 4. The monoisotopic (exact) mass is 528 g/mol. The average Bonchev–Trinajstić information content (AvgIpc) is 2.84. The van der Waals surface area contributed by atoms with Crippen molar-refractivity contribution in [2.75, 3.05) is 55.4 Å². The summed E-state index contributed by atoms with van der Waals surface area (Å²) in [7, 11) is 12.6. The van der Waals surface area contributed by atoms with Crippen molar-refractivity contribution in [3.63, 3.8) is 0 Å². The van der Waals surface area contributed by atoms with Crippen LogP contribution in [0, 0.1) is 0 Å². The molecule has 8 nitrogen and oxygen atoms in total. The van der Waals surface area contributed by atoms with Crippen LogP contribution in [0.1, 0.15) is 51.4 Å². The summed E-state index contributed by atoms with van der Waals surface area (Å²) < 4.78 is 12.1. The smallest absolute Gasteiger partial charge is 0.410 e. The molecule has 0 fully saturated rings. The van der Waals surface area contributed by atoms with Crippen LogP contribution in [0.4, 0.5) is 21.0 Å². The molecule has 0 saturated carbocycles. The highest BCUT2D eigenvalue weighted by Gasteiger charge is 2.13. The molecule has 0 unspecified atom stereocenters. The topological polar surface area (TPSA) is 76.7 Å². The molecule has 2 aromatic rings. The van der Waals surface area contributed by atoms with E-state index in [4.69, 9.17) is 9.47 Å². The summed E-state index contributed by atoms with van der Waals surface area (Å²) >= 11 is 0. The van der Waals surface area contributed by atoms with Crippen LogP contribution in [-0.4, -0.2) is 67.6 Å². The molecule has 0 radical (unpaired) electrons. The second-order valence-corrected chi connectivity index (χ2v) is 11.5. The van der Waals surface area contributed by atoms with Gasteiger partial charge in [0.15, 0.2) is 0 Å². The first-order valence-electron chi connectivity index (χ1n) is 13.7. The van der Waals surface area contributed by atoms with Gasteiger partial charge in [-0.3, -0.25) is 8.97 Å². The van der Waals surface area contributed by atoms with E-state index >= 15 is 0 Å². The van der Waals surface area contributed by atoms with E-state index in [1.54, 1.807) is 0 Å². The first-order chi connectivity index (χ1) is 17.9. The summed E-state index contributed by atoms with van der Waals surface area (Å²) in [4.78, 5) is 23.9. The molecular weight excluding hydrogens is 480 g/mol. The Balaban J connectivity index is 1.41. The van der Waals surface area contributed by atoms with Gasteiger partial charge in [0.25, 0.3) is 0 Å². The molecular formula is C30H48N4O4+2. The van der Waals surface area contributed by atoms with Crippen LogP contribution in [0.25, 0.3) is 0 Å². The number of benzene rings is 2. The molecule has 2 N–H and O–H groups in total. The van der Waals surface area contributed by atoms with Gasteiger partial charge < -0.3 is 20.1 Å². The zero-order valence-corrected chi connectivity index (χ0v) is 24.2. The number of rotatable bonds is 15. The van der Waals surface area contributed by atoms with Gasteiger partial charge in [0, 0.05) is 37.4 Å². The first-order valence-corrected chi connectivity index (χ1v) is 13.7. The van der Waals surface area contributed by atoms with Crippen molar-refractivity contribution in [3.8, 4) is 11.5 Å². The third-order valence-electron chi connectivity index (χ3n) is 6.29. The SMILES string of the molecule is C[N+](C)(C)c1ccc(OC(=O)NCCCCCCCCCCNC(=O)Oc2ccc([N+](C)(C)C)cc2)cc1. The Kier molecular flexibility index (Phi) is 12.6. The summed E-state index contributed by atoms with van der Waals surface area (Å²) in [6.07, 6.45) is 7.92. The Morgan fingerprint density at radius 1 is 0.526 bits per heavy atom. The number of carbonyl (C=O) groups is 2. The van der Waals surface area contributed by atoms with Crippen molar-refractivity contribution in [3.05, 3.63) is 48.5 Å². The second kappa shape index (κ2) is 15.3. The summed E-state index contributed by atoms with van der Waals surface area (Å²) in [6.45, 7) is 1.25. The Morgan fingerprint density at radius 3 is 1.11 bits per heavy atom. The molecule has 0 atom stereocenters. The van der Waals surface area contributed by atoms with Crippen molar-refractivity contribution in [2.24, 2.45) is 0 Å². The molecule has 0 aliphatic heterocycles. The van der Waals surface area contributed by atoms with Crippen LogP contribution >= 0.6 is 0 Å². The van der Waals surface area contributed by atoms with E-state index in [9.17, 15) is 9.59 Å². The highest BCUT2D eigenvalue weighted by Crippen LogP contribution is 2.22. The molecule has 0 aliphatic rings. The van der Waals surface area contributed by atoms with E-state index in [1.165, 1.54) is 12.8 Å². The molecule has 0 saturated heterocycles. The summed E-state index contributed by atoms with van der Waals surface area (Å²) in [6, 6.07) is 15.2. The van der Waals surface area contributed by atoms with E-state index in [-0.39, 0.29) is 0 Å². The number of nitrogens with zero attached hydrogens (tertiary/aromatic N) is 2. The van der Waals surface area contributed by atoms with Crippen molar-refractivity contribution < 1.29 is 19.1 Å². The molecule has 0 aromatic heterocycles. The predicted molar refractivity (Wildman–Crippen MR) is 157 cm³/mol. The molecule has 0 bridgehead atoms. The average molecular weight is 529 g/mol. The fraction of sp³-hybridized carbons (Fsp3) is 0.533. The number of hydrogen-bond donors (Lipinski definition) is 2. The van der Waals surface area contributed by atoms with Crippen molar-refractivity contribution in [2.45, 2.75) is 51.4 Å². The van der Waals surface area contributed by atoms with Gasteiger partial charge in [0.1, 0.15) is 22.9 Å². The summed E-state index contributed by atoms with van der Waals surface area (Å²) in [5.41, 5.74) is 2.29. The number of amides is 2. The molecule has 0 heterocycles. The Labute approximate surface area is 229 Å². The highest BCUT2D eigenvalue weighted by molar-refractivity contribution is 5.71. The predicted octanol–water partition coefficient (Wildman–Crippen LogP) is 6.08. The molecule has 0 aliphatic carbocycles. The van der Waals surface area contributed by atoms with E-state index in [0.717, 1.165) is 49.9 Å². The van der Waals surface area contributed by atoms with Crippen molar-refractivity contribution in [1.82, 2.24) is 19.6 Å². The maximum atomic E-state index is 12.0. The Hall–Kier alpha value is -3.10. The van der Waals surface area contributed by atoms with Crippen LogP contribution in [0.15, 0.2) is 48.5 Å². The molecule has 2 amide bonds. The van der Waals surface area contributed by atoms with E-state index < -0.39 is 12.2 Å². The van der Waals surface area contributed by atoms with E-state index in [1.807, 2.05) is 48.5 Å². The molecule has 210 valence electrons. The lowest BCUT2D eigenvalue weighted by Crippen LogP contribution is -2.34. The zero-order valence-electron chi connectivity index (χ0n) is 24.2. The van der Waals surface area contributed by atoms with Crippen LogP contribution in [0.3, 0.4) is 0 Å². The molecule has 2 aromatic carbocycles. The number of carbonyl (C=O) groups excluding carboxylic acids is 2. The minimum atomic E-state index is -0.404. The van der Waals surface area contributed by atoms with Crippen LogP contribution in [-0.2, 0) is 0 Å². The normalized spacial score (nSPS) is 11.6. The minimum absolute atomic E-state index is 0.404. The lowest BCUT2D eigenvalue weighted by molar-refractivity contribution is 0.199. The maximum Gasteiger partial charge on any atom is 0.412 e. The lowest BCUT2D eigenvalue weighted by Gasteiger charge is -2.23. The molecule has 2 rings (SSSR count). The van der Waals surface area contributed by atoms with Crippen LogP contribution in [0.2, 0.25) is 0 Å². The van der Waals surface area contributed by atoms with Gasteiger partial charge in [-0.25, -0.2) is 9.59 Å². The van der Waals surface area contributed by atoms with E-state index in [2.05, 4.69) is 52.9 Å². The van der Waals surface area contributed by atoms with Crippen LogP contribution < -0.4 is 29.1 Å². The van der Waals surface area contributed by atoms with Gasteiger partial charge in [0.05, 0.1) is 42.3 Å². The Bertz CT molecular complexity index is 896. The van der Waals surface area contributed by atoms with Gasteiger partial charge in [-0.1, -0.05) is 38.5 Å². The highest BCUT2D eigenvalue weighted by atomic mass is 16.6. The third-order valence-corrected chi connectivity index (χ3v) is 6.29. The Morgan fingerprint density at radius 2 is 0.816 bits per heavy atom. The lowest BCUT2D eigenvalue weighted by atomic mass is 10.1. The number of nitrogens with one attached hydrogen (secondary N) is 2. The quantitative estimate of drug-likeness (QED) is 0.217. The summed E-state index contributed by atoms with van der Waals surface area (Å²) in [5, 5.41) is 5.65. The first kappa shape index (κ1) is 31.1. The van der Waals surface area contributed by atoms with Gasteiger partial charge in [-0.2, -0.15) is 0 Å². The van der Waals surface area contributed by atoms with Gasteiger partial charge >= 0.3 is 12.2 Å². The molecule has 38 heavy (non-hydrogen) atoms. The van der Waals surface area contributed by atoms with Gasteiger partial charge in [-0.05, 0) is 37.1 Å². The molecule has 0 spiro atoms. The van der Waals surface area contributed by atoms with Crippen molar-refractivity contribution in [1.29, 1.82) is 0 Å². The van der Waals surface area contributed by atoms with E-state index in [0.29, 0.717) is 33.6 Å². The standard InChI is InChI=1S/C30H46N4O4/c1-33(2,3)25-15-19-27(20-16-25)37-29(35)31-23-13-11-9-7-8-10-12-14-24-32-30(36)38-28-21-17-26(18-22-28)34(4,5)6/h15-22H,7-14,23-24H2,1-6H3/p+2. The number of unbranched alkanes of at least 4 members (excludes halogenated alkanes) is 7. The maximum absolute atomic E-state index is 12.0. The number of quaternary nitrogens is 2. The zero-order chi connectivity index (χ0) is 28.0. The minimum Gasteiger partial charge on any atom is -0.410 e. The third kappa shape index (κ3) is 12.4.